The second kappa shape index (κ2) is 7.74. The van der Waals surface area contributed by atoms with Gasteiger partial charge in [-0.1, -0.05) is 6.08 Å². The van der Waals surface area contributed by atoms with Crippen LogP contribution in [-0.4, -0.2) is 49.8 Å². The van der Waals surface area contributed by atoms with Crippen molar-refractivity contribution in [3.05, 3.63) is 43.2 Å². The Bertz CT molecular complexity index is 710. The maximum Gasteiger partial charge on any atom is 0.157 e. The van der Waals surface area contributed by atoms with Gasteiger partial charge in [0.25, 0.3) is 0 Å². The molecule has 1 aromatic carbocycles. The van der Waals surface area contributed by atoms with Crippen molar-refractivity contribution in [2.75, 3.05) is 60.7 Å². The molecule has 0 atom stereocenters. The molecular weight excluding hydrogens is 316 g/mol. The average molecular weight is 340 g/mol. The highest BCUT2D eigenvalue weighted by atomic mass is 16.5. The van der Waals surface area contributed by atoms with Gasteiger partial charge in [-0.15, -0.1) is 6.58 Å². The van der Waals surface area contributed by atoms with Crippen LogP contribution in [0.25, 0.3) is 0 Å². The molecule has 1 aliphatic heterocycles. The van der Waals surface area contributed by atoms with Crippen LogP contribution in [0.2, 0.25) is 0 Å². The molecule has 7 nitrogen and oxygen atoms in total. The Hall–Kier alpha value is -2.96. The van der Waals surface area contributed by atoms with E-state index in [1.807, 2.05) is 12.1 Å². The van der Waals surface area contributed by atoms with Gasteiger partial charge in [-0.3, -0.25) is 0 Å². The summed E-state index contributed by atoms with van der Waals surface area (Å²) in [5.74, 6) is 2.31. The Kier molecular flexibility index (Phi) is 5.23. The first-order valence-electron chi connectivity index (χ1n) is 8.32. The average Bonchev–Trinajstić information content (AvgIpc) is 2.67. The van der Waals surface area contributed by atoms with E-state index >= 15 is 0 Å². The van der Waals surface area contributed by atoms with Crippen molar-refractivity contribution in [3.63, 3.8) is 0 Å². The summed E-state index contributed by atoms with van der Waals surface area (Å²) >= 11 is 0. The molecule has 2 aromatic rings. The number of rotatable bonds is 6. The predicted octanol–water partition coefficient (Wildman–Crippen LogP) is 1.99. The minimum absolute atomic E-state index is 0.585. The predicted molar refractivity (Wildman–Crippen MR) is 103 cm³/mol. The highest BCUT2D eigenvalue weighted by Gasteiger charge is 2.21. The van der Waals surface area contributed by atoms with E-state index in [1.165, 1.54) is 5.69 Å². The second-order valence-corrected chi connectivity index (χ2v) is 5.80. The fourth-order valence-corrected chi connectivity index (χ4v) is 2.92. The van der Waals surface area contributed by atoms with Gasteiger partial charge in [-0.25, -0.2) is 9.97 Å². The van der Waals surface area contributed by atoms with Gasteiger partial charge in [0.2, 0.25) is 0 Å². The third kappa shape index (κ3) is 3.76. The third-order valence-corrected chi connectivity index (χ3v) is 4.29. The molecule has 3 N–H and O–H groups in total. The van der Waals surface area contributed by atoms with Crippen LogP contribution in [-0.2, 0) is 0 Å². The molecule has 0 saturated carbocycles. The zero-order chi connectivity index (χ0) is 17.6. The van der Waals surface area contributed by atoms with Gasteiger partial charge in [-0.05, 0) is 24.3 Å². The number of aromatic nitrogens is 2. The Labute approximate surface area is 148 Å². The van der Waals surface area contributed by atoms with Crippen LogP contribution < -0.4 is 25.6 Å². The van der Waals surface area contributed by atoms with Crippen molar-refractivity contribution in [3.8, 4) is 5.75 Å². The fraction of sp³-hybridized carbons (Fsp3) is 0.333. The number of methoxy groups -OCH3 is 1. The number of nitrogens with two attached hydrogens (primary N) is 1. The molecule has 132 valence electrons. The number of nitrogens with one attached hydrogen (secondary N) is 1. The first kappa shape index (κ1) is 16.9. The highest BCUT2D eigenvalue weighted by molar-refractivity contribution is 5.75. The van der Waals surface area contributed by atoms with Gasteiger partial charge in [-0.2, -0.15) is 0 Å². The van der Waals surface area contributed by atoms with E-state index in [9.17, 15) is 0 Å². The summed E-state index contributed by atoms with van der Waals surface area (Å²) in [6.45, 7) is 7.84. The maximum atomic E-state index is 6.24. The first-order valence-corrected chi connectivity index (χ1v) is 8.32. The molecule has 0 radical (unpaired) electrons. The number of hydrogen-bond donors (Lipinski definition) is 2. The number of anilines is 4. The van der Waals surface area contributed by atoms with Crippen LogP contribution in [0.3, 0.4) is 0 Å². The summed E-state index contributed by atoms with van der Waals surface area (Å²) in [5, 5.41) is 3.14. The lowest BCUT2D eigenvalue weighted by Crippen LogP contribution is -2.47. The number of ether oxygens (including phenoxy) is 1. The molecule has 1 aromatic heterocycles. The molecule has 25 heavy (non-hydrogen) atoms. The summed E-state index contributed by atoms with van der Waals surface area (Å²) in [4.78, 5) is 13.1. The lowest BCUT2D eigenvalue weighted by Gasteiger charge is -2.37. The van der Waals surface area contributed by atoms with E-state index in [1.54, 1.807) is 19.5 Å². The van der Waals surface area contributed by atoms with Crippen LogP contribution in [0.5, 0.6) is 5.75 Å². The number of nitrogen functional groups attached to an aromatic ring is 1. The largest absolute Gasteiger partial charge is 0.497 e. The minimum atomic E-state index is 0.585. The monoisotopic (exact) mass is 340 g/mol. The van der Waals surface area contributed by atoms with Crippen molar-refractivity contribution in [1.29, 1.82) is 0 Å². The summed E-state index contributed by atoms with van der Waals surface area (Å²) in [5.41, 5.74) is 8.03. The summed E-state index contributed by atoms with van der Waals surface area (Å²) in [6.07, 6.45) is 3.32. The van der Waals surface area contributed by atoms with E-state index in [0.29, 0.717) is 18.1 Å². The van der Waals surface area contributed by atoms with Crippen molar-refractivity contribution < 1.29 is 4.74 Å². The fourth-order valence-electron chi connectivity index (χ4n) is 2.92. The normalized spacial score (nSPS) is 14.3. The van der Waals surface area contributed by atoms with Crippen LogP contribution in [0.4, 0.5) is 23.0 Å². The Morgan fingerprint density at radius 1 is 1.16 bits per heavy atom. The SMILES string of the molecule is C=CCNc1ncnc(N2CCN(c3ccc(OC)cc3)CC2)c1N. The van der Waals surface area contributed by atoms with E-state index < -0.39 is 0 Å². The van der Waals surface area contributed by atoms with E-state index in [0.717, 1.165) is 37.7 Å². The van der Waals surface area contributed by atoms with Gasteiger partial charge in [0.15, 0.2) is 11.6 Å². The molecule has 0 unspecified atom stereocenters. The lowest BCUT2D eigenvalue weighted by atomic mass is 10.2. The van der Waals surface area contributed by atoms with Gasteiger partial charge < -0.3 is 25.6 Å². The standard InChI is InChI=1S/C18H24N6O/c1-3-8-20-17-16(19)18(22-13-21-17)24-11-9-23(10-12-24)14-4-6-15(25-2)7-5-14/h3-7,13H,1,8-12,19H2,2H3,(H,20,21,22). The molecule has 1 aliphatic rings. The maximum absolute atomic E-state index is 6.24. The molecule has 3 rings (SSSR count). The lowest BCUT2D eigenvalue weighted by molar-refractivity contribution is 0.415. The van der Waals surface area contributed by atoms with Crippen molar-refractivity contribution >= 4 is 23.0 Å². The molecular formula is C18H24N6O. The van der Waals surface area contributed by atoms with Crippen LogP contribution in [0.15, 0.2) is 43.2 Å². The van der Waals surface area contributed by atoms with E-state index in [-0.39, 0.29) is 0 Å². The van der Waals surface area contributed by atoms with Gasteiger partial charge in [0.05, 0.1) is 7.11 Å². The first-order chi connectivity index (χ1) is 12.2. The Morgan fingerprint density at radius 2 is 1.84 bits per heavy atom. The van der Waals surface area contributed by atoms with Crippen molar-refractivity contribution in [2.24, 2.45) is 0 Å². The minimum Gasteiger partial charge on any atom is -0.497 e. The van der Waals surface area contributed by atoms with E-state index in [4.69, 9.17) is 10.5 Å². The van der Waals surface area contributed by atoms with Crippen LogP contribution in [0.1, 0.15) is 0 Å². The Balaban J connectivity index is 1.66. The number of hydrogen-bond acceptors (Lipinski definition) is 7. The van der Waals surface area contributed by atoms with Crippen molar-refractivity contribution in [1.82, 2.24) is 9.97 Å². The number of nitrogens with zero attached hydrogens (tertiary/aromatic N) is 4. The highest BCUT2D eigenvalue weighted by Crippen LogP contribution is 2.28. The number of piperazine rings is 1. The zero-order valence-corrected chi connectivity index (χ0v) is 14.5. The van der Waals surface area contributed by atoms with Gasteiger partial charge in [0, 0.05) is 38.4 Å². The van der Waals surface area contributed by atoms with Crippen LogP contribution in [0, 0.1) is 0 Å². The molecule has 1 fully saturated rings. The van der Waals surface area contributed by atoms with Crippen molar-refractivity contribution in [2.45, 2.75) is 0 Å². The number of benzene rings is 1. The zero-order valence-electron chi connectivity index (χ0n) is 14.5. The summed E-state index contributed by atoms with van der Waals surface area (Å²) in [7, 11) is 1.68. The van der Waals surface area contributed by atoms with Gasteiger partial charge >= 0.3 is 0 Å². The molecule has 0 bridgehead atoms. The molecule has 0 spiro atoms. The molecule has 1 saturated heterocycles. The molecule has 0 amide bonds. The van der Waals surface area contributed by atoms with Gasteiger partial charge in [0.1, 0.15) is 17.8 Å². The van der Waals surface area contributed by atoms with Crippen LogP contribution >= 0.6 is 0 Å². The topological polar surface area (TPSA) is 79.5 Å². The second-order valence-electron chi connectivity index (χ2n) is 5.80. The third-order valence-electron chi connectivity index (χ3n) is 4.29. The Morgan fingerprint density at radius 3 is 2.48 bits per heavy atom. The molecule has 7 heteroatoms. The molecule has 2 heterocycles. The summed E-state index contributed by atoms with van der Waals surface area (Å²) < 4.78 is 5.22. The smallest absolute Gasteiger partial charge is 0.157 e. The quantitative estimate of drug-likeness (QED) is 0.779. The molecule has 0 aliphatic carbocycles. The van der Waals surface area contributed by atoms with E-state index in [2.05, 4.69) is 43.8 Å². The summed E-state index contributed by atoms with van der Waals surface area (Å²) in [6, 6.07) is 8.15.